The molecule has 3 rings (SSSR count). The number of likely N-dealkylation sites (N-methyl/N-ethyl adjacent to an activating group) is 1. The van der Waals surface area contributed by atoms with Crippen LogP contribution in [0, 0.1) is 0 Å². The second-order valence-electron chi connectivity index (χ2n) is 7.73. The summed E-state index contributed by atoms with van der Waals surface area (Å²) in [6.07, 6.45) is 2.90. The first-order valence-corrected chi connectivity index (χ1v) is 11.9. The van der Waals surface area contributed by atoms with Gasteiger partial charge in [0.1, 0.15) is 4.90 Å². The molecular weight excluding hydrogens is 438 g/mol. The number of hydrogen-bond acceptors (Lipinski definition) is 4. The Morgan fingerprint density at radius 2 is 1.68 bits per heavy atom. The maximum Gasteiger partial charge on any atom is 0.255 e. The van der Waals surface area contributed by atoms with Gasteiger partial charge in [0.2, 0.25) is 15.9 Å². The molecule has 0 spiro atoms. The lowest BCUT2D eigenvalue weighted by atomic mass is 10.1. The third-order valence-electron chi connectivity index (χ3n) is 5.19. The first-order valence-electron chi connectivity index (χ1n) is 10.1. The van der Waals surface area contributed by atoms with Gasteiger partial charge in [-0.15, -0.1) is 0 Å². The fraction of sp³-hybridized carbons (Fsp3) is 0.364. The number of halogens is 1. The summed E-state index contributed by atoms with van der Waals surface area (Å²) in [6.45, 7) is 0.912. The molecule has 0 aliphatic carbocycles. The van der Waals surface area contributed by atoms with Gasteiger partial charge in [0.05, 0.1) is 11.4 Å². The van der Waals surface area contributed by atoms with Crippen molar-refractivity contribution in [1.29, 1.82) is 0 Å². The quantitative estimate of drug-likeness (QED) is 0.711. The molecule has 0 unspecified atom stereocenters. The van der Waals surface area contributed by atoms with Crippen molar-refractivity contribution < 1.29 is 18.0 Å². The predicted molar refractivity (Wildman–Crippen MR) is 121 cm³/mol. The zero-order chi connectivity index (χ0) is 22.6. The molecule has 0 aromatic heterocycles. The van der Waals surface area contributed by atoms with E-state index < -0.39 is 15.9 Å². The van der Waals surface area contributed by atoms with E-state index in [9.17, 15) is 18.0 Å². The molecule has 1 N–H and O–H groups in total. The highest BCUT2D eigenvalue weighted by Crippen LogP contribution is 2.28. The van der Waals surface area contributed by atoms with Crippen molar-refractivity contribution in [1.82, 2.24) is 9.21 Å². The smallest absolute Gasteiger partial charge is 0.255 e. The van der Waals surface area contributed by atoms with Crippen LogP contribution in [0.3, 0.4) is 0 Å². The highest BCUT2D eigenvalue weighted by Gasteiger charge is 2.28. The average molecular weight is 464 g/mol. The molecule has 0 bridgehead atoms. The van der Waals surface area contributed by atoms with Crippen LogP contribution in [0.5, 0.6) is 0 Å². The van der Waals surface area contributed by atoms with E-state index in [1.54, 1.807) is 38.4 Å². The van der Waals surface area contributed by atoms with Crippen LogP contribution in [0.15, 0.2) is 47.4 Å². The molecule has 0 radical (unpaired) electrons. The normalized spacial score (nSPS) is 14.8. The second-order valence-corrected chi connectivity index (χ2v) is 10.0. The molecule has 31 heavy (non-hydrogen) atoms. The molecule has 7 nitrogen and oxygen atoms in total. The van der Waals surface area contributed by atoms with Gasteiger partial charge in [-0.3, -0.25) is 9.59 Å². The maximum atomic E-state index is 13.0. The summed E-state index contributed by atoms with van der Waals surface area (Å²) in [5.74, 6) is -0.454. The van der Waals surface area contributed by atoms with Crippen LogP contribution in [-0.2, 0) is 21.2 Å². The Balaban J connectivity index is 1.75. The highest BCUT2D eigenvalue weighted by molar-refractivity contribution is 7.89. The van der Waals surface area contributed by atoms with Gasteiger partial charge in [0.25, 0.3) is 5.91 Å². The number of rotatable bonds is 6. The molecular formula is C22H26ClN3O4S. The topological polar surface area (TPSA) is 86.8 Å². The van der Waals surface area contributed by atoms with E-state index in [1.165, 1.54) is 27.4 Å². The Kier molecular flexibility index (Phi) is 7.35. The molecule has 0 saturated carbocycles. The van der Waals surface area contributed by atoms with Crippen LogP contribution < -0.4 is 5.32 Å². The number of nitrogens with one attached hydrogen (secondary N) is 1. The summed E-state index contributed by atoms with van der Waals surface area (Å²) >= 11 is 6.18. The number of anilines is 1. The summed E-state index contributed by atoms with van der Waals surface area (Å²) in [7, 11) is -0.366. The monoisotopic (exact) mass is 463 g/mol. The minimum absolute atomic E-state index is 0.0135. The van der Waals surface area contributed by atoms with E-state index in [0.29, 0.717) is 18.8 Å². The molecule has 2 aromatic rings. The predicted octanol–water partition coefficient (Wildman–Crippen LogP) is 3.40. The molecule has 2 amide bonds. The van der Waals surface area contributed by atoms with Crippen molar-refractivity contribution in [2.75, 3.05) is 32.5 Å². The molecule has 2 aromatic carbocycles. The van der Waals surface area contributed by atoms with Gasteiger partial charge in [-0.1, -0.05) is 30.2 Å². The van der Waals surface area contributed by atoms with E-state index in [-0.39, 0.29) is 27.8 Å². The van der Waals surface area contributed by atoms with Gasteiger partial charge >= 0.3 is 0 Å². The van der Waals surface area contributed by atoms with E-state index in [4.69, 9.17) is 11.6 Å². The fourth-order valence-corrected chi connectivity index (χ4v) is 5.35. The van der Waals surface area contributed by atoms with E-state index >= 15 is 0 Å². The summed E-state index contributed by atoms with van der Waals surface area (Å²) in [5, 5.41) is 2.85. The zero-order valence-corrected chi connectivity index (χ0v) is 19.2. The molecule has 0 atom stereocenters. The number of sulfonamides is 1. The van der Waals surface area contributed by atoms with Gasteiger partial charge in [-0.2, -0.15) is 4.31 Å². The van der Waals surface area contributed by atoms with Crippen molar-refractivity contribution >= 4 is 39.1 Å². The lowest BCUT2D eigenvalue weighted by Crippen LogP contribution is -2.35. The number of carbonyl (C=O) groups is 2. The summed E-state index contributed by atoms with van der Waals surface area (Å²) in [5.41, 5.74) is 1.58. The third kappa shape index (κ3) is 5.64. The molecule has 9 heteroatoms. The van der Waals surface area contributed by atoms with Gasteiger partial charge in [-0.25, -0.2) is 8.42 Å². The Morgan fingerprint density at radius 1 is 1.03 bits per heavy atom. The molecule has 1 fully saturated rings. The number of carbonyl (C=O) groups excluding carboxylic acids is 2. The summed E-state index contributed by atoms with van der Waals surface area (Å²) in [6, 6.07) is 11.2. The maximum absolute atomic E-state index is 13.0. The van der Waals surface area contributed by atoms with Crippen molar-refractivity contribution in [2.24, 2.45) is 0 Å². The Bertz CT molecular complexity index is 1060. The van der Waals surface area contributed by atoms with E-state index in [0.717, 1.165) is 24.8 Å². The first-order chi connectivity index (χ1) is 14.7. The lowest BCUT2D eigenvalue weighted by Gasteiger charge is -2.26. The largest absolute Gasteiger partial charge is 0.349 e. The summed E-state index contributed by atoms with van der Waals surface area (Å²) < 4.78 is 27.4. The number of piperidine rings is 1. The van der Waals surface area contributed by atoms with E-state index in [1.807, 2.05) is 0 Å². The standard InChI is InChI=1S/C22H26ClN3O4S/c1-25(2)21(27)14-16-6-9-18(10-7-16)24-22(28)17-8-11-19(23)20(15-17)31(29,30)26-12-4-3-5-13-26/h6-11,15H,3-5,12-14H2,1-2H3,(H,24,28). The van der Waals surface area contributed by atoms with Crippen LogP contribution in [0.25, 0.3) is 0 Å². The number of amides is 2. The van der Waals surface area contributed by atoms with Gasteiger partial charge in [-0.05, 0) is 48.7 Å². The SMILES string of the molecule is CN(C)C(=O)Cc1ccc(NC(=O)c2ccc(Cl)c(S(=O)(=O)N3CCCCC3)c2)cc1. The second kappa shape index (κ2) is 9.80. The molecule has 1 heterocycles. The number of hydrogen-bond donors (Lipinski definition) is 1. The van der Waals surface area contributed by atoms with Crippen molar-refractivity contribution in [2.45, 2.75) is 30.6 Å². The molecule has 1 aliphatic rings. The van der Waals surface area contributed by atoms with Crippen molar-refractivity contribution in [3.05, 3.63) is 58.6 Å². The van der Waals surface area contributed by atoms with E-state index in [2.05, 4.69) is 5.32 Å². The Hall–Kier alpha value is -2.42. The number of nitrogens with zero attached hydrogens (tertiary/aromatic N) is 2. The van der Waals surface area contributed by atoms with Crippen LogP contribution in [-0.4, -0.2) is 56.6 Å². The van der Waals surface area contributed by atoms with Crippen LogP contribution >= 0.6 is 11.6 Å². The third-order valence-corrected chi connectivity index (χ3v) is 7.57. The van der Waals surface area contributed by atoms with Crippen LogP contribution in [0.2, 0.25) is 5.02 Å². The Morgan fingerprint density at radius 3 is 2.29 bits per heavy atom. The first kappa shape index (κ1) is 23.2. The van der Waals surface area contributed by atoms with Crippen LogP contribution in [0.4, 0.5) is 5.69 Å². The van der Waals surface area contributed by atoms with Gasteiger partial charge in [0.15, 0.2) is 0 Å². The minimum Gasteiger partial charge on any atom is -0.349 e. The molecule has 1 saturated heterocycles. The lowest BCUT2D eigenvalue weighted by molar-refractivity contribution is -0.127. The molecule has 166 valence electrons. The number of benzene rings is 2. The fourth-order valence-electron chi connectivity index (χ4n) is 3.33. The Labute approximate surface area is 188 Å². The van der Waals surface area contributed by atoms with Gasteiger partial charge in [0, 0.05) is 38.4 Å². The van der Waals surface area contributed by atoms with Gasteiger partial charge < -0.3 is 10.2 Å². The average Bonchev–Trinajstić information content (AvgIpc) is 2.75. The van der Waals surface area contributed by atoms with Crippen molar-refractivity contribution in [3.63, 3.8) is 0 Å². The minimum atomic E-state index is -3.76. The summed E-state index contributed by atoms with van der Waals surface area (Å²) in [4.78, 5) is 26.0. The van der Waals surface area contributed by atoms with Crippen LogP contribution in [0.1, 0.15) is 35.2 Å². The van der Waals surface area contributed by atoms with Crippen molar-refractivity contribution in [3.8, 4) is 0 Å². The molecule has 1 aliphatic heterocycles. The zero-order valence-electron chi connectivity index (χ0n) is 17.6. The highest BCUT2D eigenvalue weighted by atomic mass is 35.5.